The maximum Gasteiger partial charge on any atom is 0.139 e. The Bertz CT molecular complexity index is 2920. The van der Waals surface area contributed by atoms with Gasteiger partial charge in [-0.3, -0.25) is 0 Å². The van der Waals surface area contributed by atoms with Crippen LogP contribution in [-0.4, -0.2) is 62.8 Å². The summed E-state index contributed by atoms with van der Waals surface area (Å²) in [5.41, 5.74) is 18.8. The zero-order valence-corrected chi connectivity index (χ0v) is 31.5. The predicted molar refractivity (Wildman–Crippen MR) is 256 cm³/mol. The first-order valence-electron chi connectivity index (χ1n) is 18.6. The third kappa shape index (κ3) is 4.66. The second kappa shape index (κ2) is 12.2. The molecule has 0 aromatic heterocycles. The Morgan fingerprint density at radius 2 is 0.712 bits per heavy atom. The Morgan fingerprint density at radius 1 is 0.269 bits per heavy atom. The van der Waals surface area contributed by atoms with Gasteiger partial charge in [0, 0.05) is 0 Å². The quantitative estimate of drug-likeness (QED) is 0.124. The Morgan fingerprint density at radius 3 is 1.33 bits per heavy atom. The van der Waals surface area contributed by atoms with Crippen molar-refractivity contribution in [3.05, 3.63) is 121 Å². The van der Waals surface area contributed by atoms with Crippen LogP contribution in [-0.2, 0) is 0 Å². The zero-order valence-electron chi connectivity index (χ0n) is 31.5. The molecule has 236 valence electrons. The monoisotopic (exact) mass is 652 g/mol. The molecule has 0 aliphatic heterocycles. The van der Waals surface area contributed by atoms with Gasteiger partial charge in [0.1, 0.15) is 62.8 Å². The minimum absolute atomic E-state index is 1.25. The molecular formula is C44H36B8. The van der Waals surface area contributed by atoms with Gasteiger partial charge >= 0.3 is 0 Å². The van der Waals surface area contributed by atoms with Gasteiger partial charge in [0.2, 0.25) is 0 Å². The molecule has 0 saturated heterocycles. The molecule has 0 saturated carbocycles. The molecule has 9 rings (SSSR count). The summed E-state index contributed by atoms with van der Waals surface area (Å²) < 4.78 is 0. The summed E-state index contributed by atoms with van der Waals surface area (Å²) >= 11 is 0. The standard InChI is InChI=1S/C44H36B8/c45-37-33-31(24-13-7-12-22(19-24)26-18-8-11-21-9-1-3-14-25(21)26)34-36(40(48)44(52)42(50)38(34)46)32(35(33)39(47)43(51)41(37)49)30-20-23-10-2-4-15-27(23)28-16-5-6-17-29(28)30/h1-20H,45-52H2. The first-order valence-corrected chi connectivity index (χ1v) is 18.6. The molecule has 9 aromatic rings. The van der Waals surface area contributed by atoms with E-state index in [2.05, 4.69) is 184 Å². The molecule has 0 N–H and O–H groups in total. The van der Waals surface area contributed by atoms with Crippen LogP contribution < -0.4 is 43.7 Å². The maximum absolute atomic E-state index is 2.47. The SMILES string of the molecule is Bc1c(B)c(B)c2c(-c3cc4ccccc4c4ccccc34)c3c(B)c(B)c(B)c(B)c3c(-c3cccc(-c4cccc5ccccc45)c3)c2c1B. The Hall–Kier alpha value is -5.20. The van der Waals surface area contributed by atoms with Gasteiger partial charge in [-0.1, -0.05) is 131 Å². The molecule has 0 radical (unpaired) electrons. The van der Waals surface area contributed by atoms with E-state index < -0.39 is 0 Å². The van der Waals surface area contributed by atoms with Crippen molar-refractivity contribution in [2.24, 2.45) is 0 Å². The summed E-state index contributed by atoms with van der Waals surface area (Å²) in [5.74, 6) is 0. The van der Waals surface area contributed by atoms with Crippen molar-refractivity contribution >= 4 is 160 Å². The predicted octanol–water partition coefficient (Wildman–Crippen LogP) is -1.48. The number of hydrogen-bond donors (Lipinski definition) is 0. The third-order valence-electron chi connectivity index (χ3n) is 12.7. The van der Waals surface area contributed by atoms with Crippen molar-refractivity contribution in [3.8, 4) is 33.4 Å². The smallest absolute Gasteiger partial charge is 0.101 e. The van der Waals surface area contributed by atoms with Crippen LogP contribution in [0.15, 0.2) is 121 Å². The Labute approximate surface area is 313 Å². The van der Waals surface area contributed by atoms with Crippen molar-refractivity contribution in [2.45, 2.75) is 0 Å². The van der Waals surface area contributed by atoms with E-state index in [1.165, 1.54) is 131 Å². The maximum atomic E-state index is 2.47. The molecule has 52 heavy (non-hydrogen) atoms. The van der Waals surface area contributed by atoms with Crippen LogP contribution >= 0.6 is 0 Å². The van der Waals surface area contributed by atoms with Crippen LogP contribution in [0.1, 0.15) is 0 Å². The topological polar surface area (TPSA) is 0 Å². The van der Waals surface area contributed by atoms with Gasteiger partial charge in [0.25, 0.3) is 0 Å². The molecule has 9 aromatic carbocycles. The van der Waals surface area contributed by atoms with E-state index >= 15 is 0 Å². The Balaban J connectivity index is 1.53. The number of benzene rings is 9. The van der Waals surface area contributed by atoms with E-state index in [0.717, 1.165) is 0 Å². The van der Waals surface area contributed by atoms with E-state index in [1.54, 1.807) is 0 Å². The summed E-state index contributed by atoms with van der Waals surface area (Å²) in [5, 5.41) is 13.3. The van der Waals surface area contributed by atoms with Gasteiger partial charge in [0.05, 0.1) is 0 Å². The van der Waals surface area contributed by atoms with Crippen molar-refractivity contribution < 1.29 is 0 Å². The van der Waals surface area contributed by atoms with Gasteiger partial charge in [-0.2, -0.15) is 0 Å². The van der Waals surface area contributed by atoms with Crippen LogP contribution in [0.5, 0.6) is 0 Å². The van der Waals surface area contributed by atoms with Crippen LogP contribution in [0.25, 0.3) is 87.2 Å². The molecule has 8 heteroatoms. The van der Waals surface area contributed by atoms with Gasteiger partial charge in [-0.15, -0.1) is 21.9 Å². The van der Waals surface area contributed by atoms with Crippen LogP contribution in [0.3, 0.4) is 0 Å². The normalized spacial score (nSPS) is 11.7. The fourth-order valence-corrected chi connectivity index (χ4v) is 9.26. The molecule has 0 amide bonds. The minimum atomic E-state index is 1.25. The van der Waals surface area contributed by atoms with Crippen LogP contribution in [0, 0.1) is 0 Å². The van der Waals surface area contributed by atoms with Gasteiger partial charge < -0.3 is 0 Å². The van der Waals surface area contributed by atoms with E-state index in [4.69, 9.17) is 0 Å². The molecule has 0 fully saturated rings. The summed E-state index contributed by atoms with van der Waals surface area (Å²) in [6.07, 6.45) is 0. The van der Waals surface area contributed by atoms with Gasteiger partial charge in [-0.25, -0.2) is 0 Å². The lowest BCUT2D eigenvalue weighted by molar-refractivity contribution is 1.64. The van der Waals surface area contributed by atoms with E-state index in [1.807, 2.05) is 0 Å². The number of hydrogen-bond acceptors (Lipinski definition) is 0. The van der Waals surface area contributed by atoms with Gasteiger partial charge in [-0.05, 0) is 99.4 Å². The highest BCUT2D eigenvalue weighted by Crippen LogP contribution is 2.45. The second-order valence-electron chi connectivity index (χ2n) is 15.0. The van der Waals surface area contributed by atoms with Crippen molar-refractivity contribution in [1.82, 2.24) is 0 Å². The van der Waals surface area contributed by atoms with E-state index in [-0.39, 0.29) is 0 Å². The lowest BCUT2D eigenvalue weighted by atomic mass is 9.59. The molecule has 0 aliphatic carbocycles. The van der Waals surface area contributed by atoms with Crippen molar-refractivity contribution in [2.75, 3.05) is 0 Å². The summed E-state index contributed by atoms with van der Waals surface area (Å²) in [6, 6.07) is 45.2. The number of fused-ring (bicyclic) bond motifs is 6. The van der Waals surface area contributed by atoms with E-state index in [9.17, 15) is 0 Å². The average molecular weight is 651 g/mol. The molecule has 0 aliphatic rings. The first kappa shape index (κ1) is 32.7. The fourth-order valence-electron chi connectivity index (χ4n) is 9.26. The fraction of sp³-hybridized carbons (Fsp3) is 0. The van der Waals surface area contributed by atoms with Crippen molar-refractivity contribution in [3.63, 3.8) is 0 Å². The van der Waals surface area contributed by atoms with Gasteiger partial charge in [0.15, 0.2) is 0 Å². The molecule has 0 bridgehead atoms. The first-order chi connectivity index (χ1) is 25.2. The lowest BCUT2D eigenvalue weighted by Crippen LogP contribution is -2.50. The average Bonchev–Trinajstić information content (AvgIpc) is 3.19. The molecule has 0 unspecified atom stereocenters. The summed E-state index contributed by atoms with van der Waals surface area (Å²) in [7, 11) is 18.7. The third-order valence-corrected chi connectivity index (χ3v) is 12.7. The van der Waals surface area contributed by atoms with Crippen LogP contribution in [0.4, 0.5) is 0 Å². The molecule has 0 atom stereocenters. The highest BCUT2D eigenvalue weighted by molar-refractivity contribution is 6.71. The Kier molecular flexibility index (Phi) is 7.67. The molecular weight excluding hydrogens is 615 g/mol. The molecule has 0 nitrogen and oxygen atoms in total. The zero-order chi connectivity index (χ0) is 36.0. The molecule has 0 heterocycles. The molecule has 0 spiro atoms. The highest BCUT2D eigenvalue weighted by Gasteiger charge is 2.26. The van der Waals surface area contributed by atoms with Crippen LogP contribution in [0.2, 0.25) is 0 Å². The number of rotatable bonds is 3. The van der Waals surface area contributed by atoms with Crippen molar-refractivity contribution in [1.29, 1.82) is 0 Å². The minimum Gasteiger partial charge on any atom is -0.101 e. The second-order valence-corrected chi connectivity index (χ2v) is 15.0. The van der Waals surface area contributed by atoms with E-state index in [0.29, 0.717) is 0 Å². The summed E-state index contributed by atoms with van der Waals surface area (Å²) in [6.45, 7) is 0. The largest absolute Gasteiger partial charge is 0.139 e. The lowest BCUT2D eigenvalue weighted by Gasteiger charge is -2.28. The highest BCUT2D eigenvalue weighted by atomic mass is 14.3. The summed E-state index contributed by atoms with van der Waals surface area (Å²) in [4.78, 5) is 0.